The third-order valence-electron chi connectivity index (χ3n) is 5.77. The second kappa shape index (κ2) is 9.56. The van der Waals surface area contributed by atoms with E-state index in [1.807, 2.05) is 30.3 Å². The van der Waals surface area contributed by atoms with Crippen LogP contribution in [0.1, 0.15) is 11.1 Å². The van der Waals surface area contributed by atoms with Gasteiger partial charge in [0.05, 0.1) is 0 Å². The number of nitrogens with zero attached hydrogens (tertiary/aromatic N) is 2. The zero-order valence-electron chi connectivity index (χ0n) is 18.4. The van der Waals surface area contributed by atoms with Crippen LogP contribution in [-0.2, 0) is 9.59 Å². The van der Waals surface area contributed by atoms with Crippen LogP contribution in [0.2, 0.25) is 0 Å². The van der Waals surface area contributed by atoms with E-state index in [0.717, 1.165) is 5.75 Å². The van der Waals surface area contributed by atoms with Gasteiger partial charge < -0.3 is 19.9 Å². The van der Waals surface area contributed by atoms with Gasteiger partial charge in [-0.3, -0.25) is 9.59 Å². The number of aryl methyl sites for hydroxylation is 1. The molecule has 1 heterocycles. The molecular weight excluding hydrogens is 402 g/mol. The van der Waals surface area contributed by atoms with Gasteiger partial charge in [-0.2, -0.15) is 0 Å². The molecule has 2 amide bonds. The number of carbonyl (C=O) groups is 2. The maximum atomic E-state index is 12.6. The summed E-state index contributed by atoms with van der Waals surface area (Å²) in [6, 6.07) is 22.7. The van der Waals surface area contributed by atoms with Crippen molar-refractivity contribution in [2.45, 2.75) is 13.8 Å². The number of anilines is 2. The van der Waals surface area contributed by atoms with Crippen LogP contribution in [0.25, 0.3) is 0 Å². The topological polar surface area (TPSA) is 61.9 Å². The van der Waals surface area contributed by atoms with Gasteiger partial charge in [0.2, 0.25) is 0 Å². The van der Waals surface area contributed by atoms with Crippen molar-refractivity contribution in [3.63, 3.8) is 0 Å². The number of ether oxygens (including phenoxy) is 1. The van der Waals surface area contributed by atoms with Gasteiger partial charge in [-0.1, -0.05) is 30.3 Å². The highest BCUT2D eigenvalue weighted by Gasteiger charge is 2.26. The van der Waals surface area contributed by atoms with Crippen LogP contribution in [0.5, 0.6) is 11.5 Å². The lowest BCUT2D eigenvalue weighted by molar-refractivity contribution is -0.143. The molecule has 1 N–H and O–H groups in total. The van der Waals surface area contributed by atoms with Crippen LogP contribution in [0, 0.1) is 13.8 Å². The van der Waals surface area contributed by atoms with Gasteiger partial charge >= 0.3 is 11.8 Å². The monoisotopic (exact) mass is 429 g/mol. The minimum absolute atomic E-state index is 0.504. The summed E-state index contributed by atoms with van der Waals surface area (Å²) >= 11 is 0. The minimum Gasteiger partial charge on any atom is -0.457 e. The van der Waals surface area contributed by atoms with Crippen molar-refractivity contribution < 1.29 is 14.3 Å². The molecule has 32 heavy (non-hydrogen) atoms. The van der Waals surface area contributed by atoms with Crippen molar-refractivity contribution in [1.82, 2.24) is 4.90 Å². The molecule has 6 nitrogen and oxygen atoms in total. The lowest BCUT2D eigenvalue weighted by atomic mass is 10.1. The average Bonchev–Trinajstić information content (AvgIpc) is 2.82. The van der Waals surface area contributed by atoms with Gasteiger partial charge in [0.15, 0.2) is 0 Å². The van der Waals surface area contributed by atoms with Crippen molar-refractivity contribution in [3.8, 4) is 11.5 Å². The summed E-state index contributed by atoms with van der Waals surface area (Å²) in [5.41, 5.74) is 4.25. The molecule has 0 spiro atoms. The smallest absolute Gasteiger partial charge is 0.313 e. The maximum Gasteiger partial charge on any atom is 0.313 e. The van der Waals surface area contributed by atoms with Gasteiger partial charge in [0.1, 0.15) is 11.5 Å². The molecule has 6 heteroatoms. The molecule has 1 fully saturated rings. The highest BCUT2D eigenvalue weighted by atomic mass is 16.5. The standard InChI is InChI=1S/C26H27N3O3/c1-19-7-6-10-24(20(19)2)28-15-17-29(18-16-28)26(31)25(30)27-21-11-13-23(14-12-21)32-22-8-4-3-5-9-22/h3-14H,15-18H2,1-2H3,(H,27,30). The minimum atomic E-state index is -0.623. The number of piperazine rings is 1. The molecule has 3 aromatic rings. The molecule has 0 atom stereocenters. The van der Waals surface area contributed by atoms with Crippen molar-refractivity contribution >= 4 is 23.2 Å². The Morgan fingerprint density at radius 1 is 0.781 bits per heavy atom. The lowest BCUT2D eigenvalue weighted by Crippen LogP contribution is -2.51. The Morgan fingerprint density at radius 3 is 2.12 bits per heavy atom. The summed E-state index contributed by atoms with van der Waals surface area (Å²) in [7, 11) is 0. The summed E-state index contributed by atoms with van der Waals surface area (Å²) in [5, 5.41) is 2.69. The summed E-state index contributed by atoms with van der Waals surface area (Å²) in [4.78, 5) is 29.0. The predicted molar refractivity (Wildman–Crippen MR) is 126 cm³/mol. The molecule has 0 unspecified atom stereocenters. The molecule has 164 valence electrons. The fraction of sp³-hybridized carbons (Fsp3) is 0.231. The zero-order valence-corrected chi connectivity index (χ0v) is 18.4. The predicted octanol–water partition coefficient (Wildman–Crippen LogP) is 4.38. The molecule has 0 saturated carbocycles. The number of nitrogens with one attached hydrogen (secondary N) is 1. The summed E-state index contributed by atoms with van der Waals surface area (Å²) < 4.78 is 5.75. The second-order valence-electron chi connectivity index (χ2n) is 7.89. The lowest BCUT2D eigenvalue weighted by Gasteiger charge is -2.36. The molecule has 1 aliphatic rings. The Kier molecular flexibility index (Phi) is 6.40. The van der Waals surface area contributed by atoms with E-state index in [-0.39, 0.29) is 0 Å². The summed E-state index contributed by atoms with van der Waals surface area (Å²) in [6.45, 7) is 6.66. The zero-order chi connectivity index (χ0) is 22.5. The molecule has 0 bridgehead atoms. The van der Waals surface area contributed by atoms with Crippen LogP contribution in [-0.4, -0.2) is 42.9 Å². The molecule has 0 aromatic heterocycles. The second-order valence-corrected chi connectivity index (χ2v) is 7.89. The molecule has 1 saturated heterocycles. The van der Waals surface area contributed by atoms with Crippen LogP contribution in [0.15, 0.2) is 72.8 Å². The molecule has 0 radical (unpaired) electrons. The molecular formula is C26H27N3O3. The average molecular weight is 430 g/mol. The van der Waals surface area contributed by atoms with Gasteiger partial charge in [-0.25, -0.2) is 0 Å². The first kappa shape index (κ1) is 21.4. The van der Waals surface area contributed by atoms with Gasteiger partial charge in [0.25, 0.3) is 0 Å². The van der Waals surface area contributed by atoms with E-state index in [9.17, 15) is 9.59 Å². The van der Waals surface area contributed by atoms with Crippen LogP contribution >= 0.6 is 0 Å². The van der Waals surface area contributed by atoms with Crippen LogP contribution in [0.4, 0.5) is 11.4 Å². The number of hydrogen-bond acceptors (Lipinski definition) is 4. The Balaban J connectivity index is 1.30. The first-order valence-electron chi connectivity index (χ1n) is 10.8. The molecule has 0 aliphatic carbocycles. The van der Waals surface area contributed by atoms with E-state index in [1.54, 1.807) is 29.2 Å². The quantitative estimate of drug-likeness (QED) is 0.625. The Bertz CT molecular complexity index is 1090. The first-order valence-corrected chi connectivity index (χ1v) is 10.8. The molecule has 4 rings (SSSR count). The van der Waals surface area contributed by atoms with Crippen LogP contribution in [0.3, 0.4) is 0 Å². The van der Waals surface area contributed by atoms with E-state index >= 15 is 0 Å². The number of rotatable bonds is 4. The molecule has 1 aliphatic heterocycles. The Morgan fingerprint density at radius 2 is 1.44 bits per heavy atom. The SMILES string of the molecule is Cc1cccc(N2CCN(C(=O)C(=O)Nc3ccc(Oc4ccccc4)cc3)CC2)c1C. The van der Waals surface area contributed by atoms with Crippen molar-refractivity contribution in [2.75, 3.05) is 36.4 Å². The number of para-hydroxylation sites is 1. The largest absolute Gasteiger partial charge is 0.457 e. The normalized spacial score (nSPS) is 13.6. The number of hydrogen-bond donors (Lipinski definition) is 1. The fourth-order valence-electron chi connectivity index (χ4n) is 3.79. The highest BCUT2D eigenvalue weighted by molar-refractivity contribution is 6.39. The van der Waals surface area contributed by atoms with E-state index in [0.29, 0.717) is 37.6 Å². The van der Waals surface area contributed by atoms with Gasteiger partial charge in [-0.05, 0) is 67.4 Å². The summed E-state index contributed by atoms with van der Waals surface area (Å²) in [6.07, 6.45) is 0. The molecule has 3 aromatic carbocycles. The summed E-state index contributed by atoms with van der Waals surface area (Å²) in [5.74, 6) is 0.264. The maximum absolute atomic E-state index is 12.6. The van der Waals surface area contributed by atoms with E-state index in [2.05, 4.69) is 42.3 Å². The fourth-order valence-corrected chi connectivity index (χ4v) is 3.79. The third kappa shape index (κ3) is 4.91. The first-order chi connectivity index (χ1) is 15.5. The Hall–Kier alpha value is -3.80. The van der Waals surface area contributed by atoms with E-state index < -0.39 is 11.8 Å². The Labute approximate surface area is 188 Å². The van der Waals surface area contributed by atoms with Crippen molar-refractivity contribution in [1.29, 1.82) is 0 Å². The van der Waals surface area contributed by atoms with Crippen molar-refractivity contribution in [3.05, 3.63) is 83.9 Å². The number of amides is 2. The van der Waals surface area contributed by atoms with E-state index in [1.165, 1.54) is 16.8 Å². The number of benzene rings is 3. The number of carbonyl (C=O) groups excluding carboxylic acids is 2. The van der Waals surface area contributed by atoms with Crippen LogP contribution < -0.4 is 15.0 Å². The third-order valence-corrected chi connectivity index (χ3v) is 5.77. The highest BCUT2D eigenvalue weighted by Crippen LogP contribution is 2.24. The van der Waals surface area contributed by atoms with Crippen molar-refractivity contribution in [2.24, 2.45) is 0 Å². The van der Waals surface area contributed by atoms with Gasteiger partial charge in [-0.15, -0.1) is 0 Å². The van der Waals surface area contributed by atoms with Gasteiger partial charge in [0, 0.05) is 37.6 Å². The van der Waals surface area contributed by atoms with E-state index in [4.69, 9.17) is 4.74 Å².